The highest BCUT2D eigenvalue weighted by molar-refractivity contribution is 5.86. The number of esters is 2. The molecule has 0 bridgehead atoms. The first-order valence-electron chi connectivity index (χ1n) is 8.58. The molecular weight excluding hydrogens is 332 g/mol. The molecule has 3 atom stereocenters. The Bertz CT molecular complexity index is 710. The SMILES string of the molecule is COC(=O)[C@@H]1[C@@H](C(=C(C)C)c2ccc(OC)cc2)C=CC[C@H]1C(=O)OC. The quantitative estimate of drug-likeness (QED) is 0.594. The van der Waals surface area contributed by atoms with E-state index in [2.05, 4.69) is 0 Å². The molecule has 0 saturated carbocycles. The summed E-state index contributed by atoms with van der Waals surface area (Å²) >= 11 is 0. The highest BCUT2D eigenvalue weighted by Crippen LogP contribution is 2.42. The van der Waals surface area contributed by atoms with Crippen molar-refractivity contribution < 1.29 is 23.8 Å². The van der Waals surface area contributed by atoms with Crippen LogP contribution in [0.25, 0.3) is 5.57 Å². The van der Waals surface area contributed by atoms with Crippen LogP contribution in [0.2, 0.25) is 0 Å². The average molecular weight is 358 g/mol. The van der Waals surface area contributed by atoms with Crippen molar-refractivity contribution in [1.82, 2.24) is 0 Å². The second-order valence-electron chi connectivity index (χ2n) is 6.51. The third-order valence-corrected chi connectivity index (χ3v) is 4.80. The Balaban J connectivity index is 2.52. The van der Waals surface area contributed by atoms with E-state index in [0.29, 0.717) is 6.42 Å². The molecule has 0 radical (unpaired) electrons. The lowest BCUT2D eigenvalue weighted by Gasteiger charge is -2.33. The number of hydrogen-bond acceptors (Lipinski definition) is 5. The second kappa shape index (κ2) is 8.70. The number of carbonyl (C=O) groups excluding carboxylic acids is 2. The van der Waals surface area contributed by atoms with Crippen LogP contribution in [0.15, 0.2) is 42.0 Å². The average Bonchev–Trinajstić information content (AvgIpc) is 2.67. The molecule has 0 fully saturated rings. The topological polar surface area (TPSA) is 61.8 Å². The van der Waals surface area contributed by atoms with Crippen molar-refractivity contribution >= 4 is 17.5 Å². The van der Waals surface area contributed by atoms with Crippen LogP contribution in [-0.2, 0) is 19.1 Å². The molecule has 1 aromatic rings. The van der Waals surface area contributed by atoms with Crippen LogP contribution >= 0.6 is 0 Å². The molecule has 0 aliphatic heterocycles. The molecule has 2 rings (SSSR count). The van der Waals surface area contributed by atoms with Crippen molar-refractivity contribution in [2.75, 3.05) is 21.3 Å². The Kier molecular flexibility index (Phi) is 6.61. The van der Waals surface area contributed by atoms with E-state index in [9.17, 15) is 9.59 Å². The van der Waals surface area contributed by atoms with Crippen molar-refractivity contribution in [1.29, 1.82) is 0 Å². The van der Waals surface area contributed by atoms with Crippen LogP contribution in [0.3, 0.4) is 0 Å². The first kappa shape index (κ1) is 19.8. The van der Waals surface area contributed by atoms with Gasteiger partial charge in [0.25, 0.3) is 0 Å². The van der Waals surface area contributed by atoms with Crippen LogP contribution in [0.4, 0.5) is 0 Å². The van der Waals surface area contributed by atoms with Crippen LogP contribution in [0, 0.1) is 17.8 Å². The fourth-order valence-electron chi connectivity index (χ4n) is 3.59. The number of ether oxygens (including phenoxy) is 3. The first-order chi connectivity index (χ1) is 12.4. The number of rotatable bonds is 5. The van der Waals surface area contributed by atoms with E-state index in [-0.39, 0.29) is 5.92 Å². The van der Waals surface area contributed by atoms with Gasteiger partial charge in [0, 0.05) is 5.92 Å². The molecule has 1 aromatic carbocycles. The Morgan fingerprint density at radius 2 is 1.58 bits per heavy atom. The standard InChI is InChI=1S/C21H26O5/c1-13(2)18(14-9-11-15(24-3)12-10-14)16-7-6-8-17(20(22)25-4)19(16)21(23)26-5/h6-7,9-12,16-17,19H,8H2,1-5H3/t16-,17-,19-/m1/s1. The van der Waals surface area contributed by atoms with Gasteiger partial charge >= 0.3 is 11.9 Å². The second-order valence-corrected chi connectivity index (χ2v) is 6.51. The van der Waals surface area contributed by atoms with Gasteiger partial charge in [0.2, 0.25) is 0 Å². The van der Waals surface area contributed by atoms with Crippen molar-refractivity contribution in [3.63, 3.8) is 0 Å². The predicted molar refractivity (Wildman–Crippen MR) is 99.5 cm³/mol. The summed E-state index contributed by atoms with van der Waals surface area (Å²) in [5.74, 6) is -1.48. The van der Waals surface area contributed by atoms with Gasteiger partial charge in [-0.25, -0.2) is 0 Å². The predicted octanol–water partition coefficient (Wildman–Crippen LogP) is 3.64. The lowest BCUT2D eigenvalue weighted by atomic mass is 9.70. The summed E-state index contributed by atoms with van der Waals surface area (Å²) in [6.45, 7) is 4.01. The maximum atomic E-state index is 12.6. The molecule has 0 N–H and O–H groups in total. The molecule has 140 valence electrons. The van der Waals surface area contributed by atoms with Crippen molar-refractivity contribution in [2.45, 2.75) is 20.3 Å². The van der Waals surface area contributed by atoms with Gasteiger partial charge < -0.3 is 14.2 Å². The van der Waals surface area contributed by atoms with E-state index < -0.39 is 23.8 Å². The zero-order chi connectivity index (χ0) is 19.3. The largest absolute Gasteiger partial charge is 0.497 e. The van der Waals surface area contributed by atoms with Crippen molar-refractivity contribution in [2.24, 2.45) is 17.8 Å². The molecule has 1 aliphatic rings. The maximum absolute atomic E-state index is 12.6. The number of benzene rings is 1. The molecule has 0 spiro atoms. The Morgan fingerprint density at radius 1 is 0.962 bits per heavy atom. The smallest absolute Gasteiger partial charge is 0.310 e. The van der Waals surface area contributed by atoms with Gasteiger partial charge in [-0.3, -0.25) is 9.59 Å². The van der Waals surface area contributed by atoms with Gasteiger partial charge in [-0.2, -0.15) is 0 Å². The van der Waals surface area contributed by atoms with Gasteiger partial charge in [-0.05, 0) is 43.5 Å². The van der Waals surface area contributed by atoms with Crippen LogP contribution in [0.1, 0.15) is 25.8 Å². The summed E-state index contributed by atoms with van der Waals surface area (Å²) < 4.78 is 15.2. The molecule has 26 heavy (non-hydrogen) atoms. The number of methoxy groups -OCH3 is 3. The minimum atomic E-state index is -0.621. The molecule has 0 unspecified atom stereocenters. The Morgan fingerprint density at radius 3 is 2.08 bits per heavy atom. The summed E-state index contributed by atoms with van der Waals surface area (Å²) in [7, 11) is 4.31. The van der Waals surface area contributed by atoms with Crippen molar-refractivity contribution in [3.05, 3.63) is 47.6 Å². The minimum Gasteiger partial charge on any atom is -0.497 e. The van der Waals surface area contributed by atoms with E-state index in [4.69, 9.17) is 14.2 Å². The molecular formula is C21H26O5. The molecule has 0 heterocycles. The van der Waals surface area contributed by atoms with Crippen LogP contribution in [-0.4, -0.2) is 33.3 Å². The van der Waals surface area contributed by atoms with E-state index in [1.54, 1.807) is 7.11 Å². The zero-order valence-corrected chi connectivity index (χ0v) is 15.9. The molecule has 1 aliphatic carbocycles. The van der Waals surface area contributed by atoms with Gasteiger partial charge in [0.05, 0.1) is 33.2 Å². The molecule has 0 saturated heterocycles. The molecule has 5 heteroatoms. The van der Waals surface area contributed by atoms with Crippen LogP contribution < -0.4 is 4.74 Å². The maximum Gasteiger partial charge on any atom is 0.310 e. The first-order valence-corrected chi connectivity index (χ1v) is 8.58. The molecule has 5 nitrogen and oxygen atoms in total. The normalized spacial score (nSPS) is 21.7. The summed E-state index contributed by atoms with van der Waals surface area (Å²) in [6, 6.07) is 7.70. The highest BCUT2D eigenvalue weighted by atomic mass is 16.5. The van der Waals surface area contributed by atoms with Crippen molar-refractivity contribution in [3.8, 4) is 5.75 Å². The van der Waals surface area contributed by atoms with Crippen LogP contribution in [0.5, 0.6) is 5.75 Å². The summed E-state index contributed by atoms with van der Waals surface area (Å²) in [6.07, 6.45) is 4.40. The van der Waals surface area contributed by atoms with E-state index in [1.165, 1.54) is 14.2 Å². The van der Waals surface area contributed by atoms with Gasteiger partial charge in [-0.15, -0.1) is 0 Å². The molecule has 0 aromatic heterocycles. The Hall–Kier alpha value is -2.56. The lowest BCUT2D eigenvalue weighted by molar-refractivity contribution is -0.158. The summed E-state index contributed by atoms with van der Waals surface area (Å²) in [5, 5.41) is 0. The summed E-state index contributed by atoms with van der Waals surface area (Å²) in [4.78, 5) is 24.8. The van der Waals surface area contributed by atoms with E-state index in [0.717, 1.165) is 22.5 Å². The number of allylic oxidation sites excluding steroid dienone is 4. The zero-order valence-electron chi connectivity index (χ0n) is 15.9. The molecule has 0 amide bonds. The van der Waals surface area contributed by atoms with Gasteiger partial charge in [-0.1, -0.05) is 29.9 Å². The number of hydrogen-bond donors (Lipinski definition) is 0. The highest BCUT2D eigenvalue weighted by Gasteiger charge is 2.43. The van der Waals surface area contributed by atoms with E-state index in [1.807, 2.05) is 50.3 Å². The lowest BCUT2D eigenvalue weighted by Crippen LogP contribution is -2.38. The Labute approximate surface area is 154 Å². The third-order valence-electron chi connectivity index (χ3n) is 4.80. The third kappa shape index (κ3) is 3.98. The number of carbonyl (C=O) groups is 2. The monoisotopic (exact) mass is 358 g/mol. The summed E-state index contributed by atoms with van der Waals surface area (Å²) in [5.41, 5.74) is 3.07. The fourth-order valence-corrected chi connectivity index (χ4v) is 3.59. The minimum absolute atomic E-state index is 0.265. The van der Waals surface area contributed by atoms with Gasteiger partial charge in [0.15, 0.2) is 0 Å². The van der Waals surface area contributed by atoms with Gasteiger partial charge in [0.1, 0.15) is 5.75 Å². The fraction of sp³-hybridized carbons (Fsp3) is 0.429. The van der Waals surface area contributed by atoms with E-state index >= 15 is 0 Å².